The standard InChI is InChI=1S/C28H27N9O2/c1-4-27(38)35-9-10-36(19(3)15-35)25-13-22-23(14-29-25)30-16-32-28(22)34-20-5-6-24(18(2)11-20)39-21-7-8-37-26(12-21)31-17-33-37/h4-8,11-14,16-17,19H,1,9-10,15H2,2-3H3,(H,30,32,34). The van der Waals surface area contributed by atoms with Crippen molar-refractivity contribution in [3.8, 4) is 11.5 Å². The SMILES string of the molecule is C=CC(=O)N1CCN(c2cc3c(Nc4ccc(Oc5ccn6ncnc6c5)c(C)c4)ncnc3cn2)C(C)C1. The lowest BCUT2D eigenvalue weighted by atomic mass is 10.1. The van der Waals surface area contributed by atoms with Crippen LogP contribution in [-0.2, 0) is 4.79 Å². The molecule has 1 aliphatic rings. The van der Waals surface area contributed by atoms with Gasteiger partial charge in [-0.2, -0.15) is 5.10 Å². The van der Waals surface area contributed by atoms with Crippen LogP contribution in [0.15, 0.2) is 74.1 Å². The van der Waals surface area contributed by atoms with Crippen LogP contribution in [0.3, 0.4) is 0 Å². The second kappa shape index (κ2) is 10.0. The zero-order chi connectivity index (χ0) is 26.9. The number of rotatable bonds is 6. The Labute approximate surface area is 224 Å². The Morgan fingerprint density at radius 1 is 1.10 bits per heavy atom. The fourth-order valence-corrected chi connectivity index (χ4v) is 4.80. The summed E-state index contributed by atoms with van der Waals surface area (Å²) in [5, 5.41) is 8.40. The quantitative estimate of drug-likeness (QED) is 0.329. The Kier molecular flexibility index (Phi) is 6.23. The van der Waals surface area contributed by atoms with Gasteiger partial charge in [0.05, 0.1) is 11.7 Å². The van der Waals surface area contributed by atoms with E-state index in [1.165, 1.54) is 18.7 Å². The van der Waals surface area contributed by atoms with Crippen LogP contribution >= 0.6 is 0 Å². The van der Waals surface area contributed by atoms with Gasteiger partial charge in [-0.1, -0.05) is 6.58 Å². The average Bonchev–Trinajstić information content (AvgIpc) is 3.42. The maximum absolute atomic E-state index is 12.1. The van der Waals surface area contributed by atoms with Gasteiger partial charge in [-0.15, -0.1) is 0 Å². The van der Waals surface area contributed by atoms with Gasteiger partial charge in [0.1, 0.15) is 35.8 Å². The summed E-state index contributed by atoms with van der Waals surface area (Å²) in [5.74, 6) is 2.89. The third-order valence-corrected chi connectivity index (χ3v) is 6.83. The van der Waals surface area contributed by atoms with Crippen LogP contribution in [0.1, 0.15) is 12.5 Å². The fraction of sp³-hybridized carbons (Fsp3) is 0.214. The lowest BCUT2D eigenvalue weighted by Crippen LogP contribution is -2.53. The molecule has 5 aromatic rings. The van der Waals surface area contributed by atoms with Crippen molar-refractivity contribution in [3.63, 3.8) is 0 Å². The van der Waals surface area contributed by atoms with E-state index in [1.807, 2.05) is 54.4 Å². The van der Waals surface area contributed by atoms with E-state index < -0.39 is 0 Å². The summed E-state index contributed by atoms with van der Waals surface area (Å²) in [5.41, 5.74) is 3.29. The van der Waals surface area contributed by atoms with Gasteiger partial charge < -0.3 is 19.9 Å². The van der Waals surface area contributed by atoms with Crippen LogP contribution in [0.4, 0.5) is 17.3 Å². The third kappa shape index (κ3) is 4.81. The predicted molar refractivity (Wildman–Crippen MR) is 148 cm³/mol. The molecule has 6 rings (SSSR count). The van der Waals surface area contributed by atoms with Gasteiger partial charge in [0.15, 0.2) is 5.65 Å². The van der Waals surface area contributed by atoms with E-state index in [2.05, 4.69) is 48.8 Å². The highest BCUT2D eigenvalue weighted by Crippen LogP contribution is 2.31. The van der Waals surface area contributed by atoms with Gasteiger partial charge in [-0.3, -0.25) is 4.79 Å². The summed E-state index contributed by atoms with van der Waals surface area (Å²) in [7, 11) is 0. The van der Waals surface area contributed by atoms with Crippen LogP contribution < -0.4 is 15.0 Å². The molecule has 0 aliphatic carbocycles. The van der Waals surface area contributed by atoms with E-state index in [0.29, 0.717) is 31.2 Å². The van der Waals surface area contributed by atoms with Crippen LogP contribution in [0.2, 0.25) is 0 Å². The third-order valence-electron chi connectivity index (χ3n) is 6.83. The molecule has 39 heavy (non-hydrogen) atoms. The topological polar surface area (TPSA) is 114 Å². The van der Waals surface area contributed by atoms with E-state index in [-0.39, 0.29) is 11.9 Å². The van der Waals surface area contributed by atoms with Crippen molar-refractivity contribution in [3.05, 3.63) is 79.7 Å². The number of nitrogens with zero attached hydrogens (tertiary/aromatic N) is 8. The molecule has 1 saturated heterocycles. The smallest absolute Gasteiger partial charge is 0.246 e. The van der Waals surface area contributed by atoms with Crippen LogP contribution in [0.5, 0.6) is 11.5 Å². The first-order chi connectivity index (χ1) is 19.0. The monoisotopic (exact) mass is 521 g/mol. The maximum Gasteiger partial charge on any atom is 0.246 e. The molecule has 0 saturated carbocycles. The van der Waals surface area contributed by atoms with E-state index in [1.54, 1.807) is 10.7 Å². The first-order valence-corrected chi connectivity index (χ1v) is 12.6. The molecule has 11 heteroatoms. The average molecular weight is 522 g/mol. The summed E-state index contributed by atoms with van der Waals surface area (Å²) in [6.07, 6.45) is 7.98. The van der Waals surface area contributed by atoms with Crippen molar-refractivity contribution in [2.75, 3.05) is 29.9 Å². The van der Waals surface area contributed by atoms with Crippen molar-refractivity contribution in [2.45, 2.75) is 19.9 Å². The van der Waals surface area contributed by atoms with Crippen LogP contribution in [0.25, 0.3) is 16.6 Å². The number of benzene rings is 1. The van der Waals surface area contributed by atoms with E-state index in [0.717, 1.165) is 39.4 Å². The molecule has 0 bridgehead atoms. The molecule has 11 nitrogen and oxygen atoms in total. The molecule has 0 radical (unpaired) electrons. The number of hydrogen-bond acceptors (Lipinski definition) is 9. The molecular weight excluding hydrogens is 494 g/mol. The lowest BCUT2D eigenvalue weighted by molar-refractivity contribution is -0.126. The number of carbonyl (C=O) groups is 1. The number of hydrogen-bond donors (Lipinski definition) is 1. The number of piperazine rings is 1. The molecule has 1 fully saturated rings. The van der Waals surface area contributed by atoms with Crippen molar-refractivity contribution in [2.24, 2.45) is 0 Å². The number of aromatic nitrogens is 6. The van der Waals surface area contributed by atoms with E-state index >= 15 is 0 Å². The summed E-state index contributed by atoms with van der Waals surface area (Å²) in [6, 6.07) is 11.7. The lowest BCUT2D eigenvalue weighted by Gasteiger charge is -2.40. The van der Waals surface area contributed by atoms with E-state index in [9.17, 15) is 4.79 Å². The molecule has 1 amide bonds. The predicted octanol–water partition coefficient (Wildman–Crippen LogP) is 4.13. The van der Waals surface area contributed by atoms with Gasteiger partial charge in [0.2, 0.25) is 5.91 Å². The number of fused-ring (bicyclic) bond motifs is 2. The number of anilines is 3. The van der Waals surface area contributed by atoms with Gasteiger partial charge >= 0.3 is 0 Å². The van der Waals surface area contributed by atoms with Crippen molar-refractivity contribution in [1.82, 2.24) is 34.4 Å². The van der Waals surface area contributed by atoms with Gasteiger partial charge in [0.25, 0.3) is 0 Å². The number of amides is 1. The largest absolute Gasteiger partial charge is 0.457 e. The van der Waals surface area contributed by atoms with Crippen molar-refractivity contribution < 1.29 is 9.53 Å². The van der Waals surface area contributed by atoms with Gasteiger partial charge in [-0.05, 0) is 55.8 Å². The van der Waals surface area contributed by atoms with Gasteiger partial charge in [0, 0.05) is 49.0 Å². The van der Waals surface area contributed by atoms with Gasteiger partial charge in [-0.25, -0.2) is 24.5 Å². The second-order valence-corrected chi connectivity index (χ2v) is 9.45. The molecule has 4 aromatic heterocycles. The molecule has 5 heterocycles. The highest BCUT2D eigenvalue weighted by molar-refractivity contribution is 5.92. The Morgan fingerprint density at radius 3 is 2.82 bits per heavy atom. The fourth-order valence-electron chi connectivity index (χ4n) is 4.80. The highest BCUT2D eigenvalue weighted by atomic mass is 16.5. The van der Waals surface area contributed by atoms with Crippen LogP contribution in [-0.4, -0.2) is 66.0 Å². The minimum atomic E-state index is -0.0454. The molecular formula is C28H27N9O2. The molecule has 1 aliphatic heterocycles. The summed E-state index contributed by atoms with van der Waals surface area (Å²) >= 11 is 0. The Morgan fingerprint density at radius 2 is 2.00 bits per heavy atom. The second-order valence-electron chi connectivity index (χ2n) is 9.45. The molecule has 1 unspecified atom stereocenters. The molecule has 196 valence electrons. The molecule has 1 aromatic carbocycles. The number of carbonyl (C=O) groups excluding carboxylic acids is 1. The zero-order valence-electron chi connectivity index (χ0n) is 21.7. The minimum absolute atomic E-state index is 0.0454. The Hall–Kier alpha value is -5.06. The summed E-state index contributed by atoms with van der Waals surface area (Å²) in [6.45, 7) is 9.60. The summed E-state index contributed by atoms with van der Waals surface area (Å²) in [4.78, 5) is 33.9. The van der Waals surface area contributed by atoms with Crippen LogP contribution in [0, 0.1) is 6.92 Å². The first kappa shape index (κ1) is 24.3. The molecule has 1 N–H and O–H groups in total. The Bertz CT molecular complexity index is 1700. The van der Waals surface area contributed by atoms with Crippen molar-refractivity contribution >= 4 is 39.8 Å². The number of aryl methyl sites for hydroxylation is 1. The Balaban J connectivity index is 1.22. The number of nitrogens with one attached hydrogen (secondary N) is 1. The first-order valence-electron chi connectivity index (χ1n) is 12.6. The summed E-state index contributed by atoms with van der Waals surface area (Å²) < 4.78 is 7.79. The minimum Gasteiger partial charge on any atom is -0.457 e. The molecule has 1 atom stereocenters. The normalized spacial score (nSPS) is 15.5. The number of pyridine rings is 2. The van der Waals surface area contributed by atoms with E-state index in [4.69, 9.17) is 4.74 Å². The maximum atomic E-state index is 12.1. The van der Waals surface area contributed by atoms with Crippen molar-refractivity contribution in [1.29, 1.82) is 0 Å². The highest BCUT2D eigenvalue weighted by Gasteiger charge is 2.27. The number of ether oxygens (including phenoxy) is 1. The molecule has 0 spiro atoms. The zero-order valence-corrected chi connectivity index (χ0v) is 21.7.